The van der Waals surface area contributed by atoms with Crippen LogP contribution in [0.15, 0.2) is 12.3 Å². The van der Waals surface area contributed by atoms with E-state index < -0.39 is 19.2 Å². The van der Waals surface area contributed by atoms with Gasteiger partial charge in [-0.05, 0) is 11.6 Å². The van der Waals surface area contributed by atoms with Crippen molar-refractivity contribution in [2.45, 2.75) is 19.1 Å². The van der Waals surface area contributed by atoms with E-state index in [-0.39, 0.29) is 17.4 Å². The van der Waals surface area contributed by atoms with E-state index in [1.807, 2.05) is 0 Å². The summed E-state index contributed by atoms with van der Waals surface area (Å²) >= 11 is 5.81. The van der Waals surface area contributed by atoms with Crippen LogP contribution >= 0.6 is 11.6 Å². The third-order valence-electron chi connectivity index (χ3n) is 1.78. The molecule has 0 aliphatic heterocycles. The molecule has 0 saturated carbocycles. The lowest BCUT2D eigenvalue weighted by Crippen LogP contribution is -2.13. The number of pyridine rings is 1. The van der Waals surface area contributed by atoms with Crippen LogP contribution in [0.25, 0.3) is 0 Å². The van der Waals surface area contributed by atoms with E-state index in [1.165, 1.54) is 6.20 Å². The minimum atomic E-state index is -4.25. The number of halogens is 4. The van der Waals surface area contributed by atoms with E-state index in [9.17, 15) is 13.2 Å². The zero-order valence-electron chi connectivity index (χ0n) is 8.22. The molecule has 0 amide bonds. The van der Waals surface area contributed by atoms with E-state index in [0.717, 1.165) is 0 Å². The highest BCUT2D eigenvalue weighted by Gasteiger charge is 2.27. The highest BCUT2D eigenvalue weighted by Crippen LogP contribution is 2.26. The topological polar surface area (TPSA) is 48.1 Å². The lowest BCUT2D eigenvalue weighted by Gasteiger charge is -2.10. The summed E-state index contributed by atoms with van der Waals surface area (Å²) in [5.74, 6) is -0.0196. The molecule has 0 aromatic carbocycles. The van der Waals surface area contributed by atoms with Gasteiger partial charge in [-0.15, -0.1) is 0 Å². The Hall–Kier alpha value is -1.01. The number of hydrogen-bond donors (Lipinski definition) is 1. The second-order valence-corrected chi connectivity index (χ2v) is 3.38. The number of aromatic nitrogens is 1. The molecule has 0 radical (unpaired) electrons. The second kappa shape index (κ2) is 5.36. The SMILES string of the molecule is NCc1ccnc(OCCC(F)(F)F)c1Cl. The van der Waals surface area contributed by atoms with Gasteiger partial charge < -0.3 is 10.5 Å². The first-order chi connectivity index (χ1) is 7.44. The third kappa shape index (κ3) is 3.86. The smallest absolute Gasteiger partial charge is 0.392 e. The molecule has 0 unspecified atom stereocenters. The molecule has 0 spiro atoms. The molecular formula is C9H10ClF3N2O. The van der Waals surface area contributed by atoms with Crippen molar-refractivity contribution in [3.05, 3.63) is 22.8 Å². The van der Waals surface area contributed by atoms with Gasteiger partial charge in [-0.2, -0.15) is 13.2 Å². The van der Waals surface area contributed by atoms with E-state index in [2.05, 4.69) is 4.98 Å². The predicted molar refractivity (Wildman–Crippen MR) is 53.3 cm³/mol. The average molecular weight is 255 g/mol. The maximum absolute atomic E-state index is 11.9. The molecule has 0 fully saturated rings. The summed E-state index contributed by atoms with van der Waals surface area (Å²) in [7, 11) is 0. The number of alkyl halides is 3. The molecular weight excluding hydrogens is 245 g/mol. The van der Waals surface area contributed by atoms with Crippen LogP contribution in [0.1, 0.15) is 12.0 Å². The predicted octanol–water partition coefficient (Wildman–Crippen LogP) is 2.52. The first-order valence-corrected chi connectivity index (χ1v) is 4.85. The van der Waals surface area contributed by atoms with Gasteiger partial charge in [0.15, 0.2) is 0 Å². The average Bonchev–Trinajstić information content (AvgIpc) is 2.19. The van der Waals surface area contributed by atoms with Gasteiger partial charge >= 0.3 is 6.18 Å². The number of rotatable bonds is 4. The Morgan fingerprint density at radius 1 is 1.44 bits per heavy atom. The monoisotopic (exact) mass is 254 g/mol. The van der Waals surface area contributed by atoms with Crippen LogP contribution in [0.4, 0.5) is 13.2 Å². The van der Waals surface area contributed by atoms with Crippen LogP contribution < -0.4 is 10.5 Å². The van der Waals surface area contributed by atoms with Crippen molar-refractivity contribution in [2.75, 3.05) is 6.61 Å². The van der Waals surface area contributed by atoms with Gasteiger partial charge in [-0.1, -0.05) is 11.6 Å². The van der Waals surface area contributed by atoms with Crippen LogP contribution in [0.2, 0.25) is 5.02 Å². The Morgan fingerprint density at radius 2 is 2.12 bits per heavy atom. The molecule has 90 valence electrons. The van der Waals surface area contributed by atoms with Gasteiger partial charge in [0.1, 0.15) is 5.02 Å². The van der Waals surface area contributed by atoms with Gasteiger partial charge in [0.05, 0.1) is 13.0 Å². The van der Waals surface area contributed by atoms with E-state index in [0.29, 0.717) is 5.56 Å². The highest BCUT2D eigenvalue weighted by atomic mass is 35.5. The Labute approximate surface area is 95.4 Å². The standard InChI is InChI=1S/C9H10ClF3N2O/c10-7-6(5-14)1-3-15-8(7)16-4-2-9(11,12)13/h1,3H,2,4-5,14H2. The molecule has 7 heteroatoms. The Morgan fingerprint density at radius 3 is 2.69 bits per heavy atom. The van der Waals surface area contributed by atoms with Gasteiger partial charge in [-0.3, -0.25) is 0 Å². The minimum absolute atomic E-state index is 0.0196. The fourth-order valence-electron chi connectivity index (χ4n) is 0.984. The van der Waals surface area contributed by atoms with E-state index in [1.54, 1.807) is 6.07 Å². The number of nitrogens with zero attached hydrogens (tertiary/aromatic N) is 1. The van der Waals surface area contributed by atoms with Gasteiger partial charge in [-0.25, -0.2) is 4.98 Å². The van der Waals surface area contributed by atoms with Gasteiger partial charge in [0.25, 0.3) is 0 Å². The Kier molecular flexibility index (Phi) is 4.37. The summed E-state index contributed by atoms with van der Waals surface area (Å²) < 4.78 is 40.4. The number of nitrogens with two attached hydrogens (primary N) is 1. The van der Waals surface area contributed by atoms with Crippen LogP contribution in [0.3, 0.4) is 0 Å². The van der Waals surface area contributed by atoms with Crippen molar-refractivity contribution >= 4 is 11.6 Å². The van der Waals surface area contributed by atoms with Crippen molar-refractivity contribution < 1.29 is 17.9 Å². The Bertz CT molecular complexity index is 357. The zero-order chi connectivity index (χ0) is 12.2. The molecule has 0 aliphatic carbocycles. The molecule has 1 heterocycles. The summed E-state index contributed by atoms with van der Waals surface area (Å²) in [6.45, 7) is -0.332. The fraction of sp³-hybridized carbons (Fsp3) is 0.444. The lowest BCUT2D eigenvalue weighted by atomic mass is 10.3. The second-order valence-electron chi connectivity index (χ2n) is 3.01. The van der Waals surface area contributed by atoms with Gasteiger partial charge in [0, 0.05) is 12.7 Å². The first-order valence-electron chi connectivity index (χ1n) is 4.47. The molecule has 0 aliphatic rings. The molecule has 16 heavy (non-hydrogen) atoms. The maximum atomic E-state index is 11.9. The van der Waals surface area contributed by atoms with Gasteiger partial charge in [0.2, 0.25) is 5.88 Å². The number of ether oxygens (including phenoxy) is 1. The van der Waals surface area contributed by atoms with Crippen molar-refractivity contribution in [1.82, 2.24) is 4.98 Å². The van der Waals surface area contributed by atoms with E-state index >= 15 is 0 Å². The quantitative estimate of drug-likeness (QED) is 0.898. The third-order valence-corrected chi connectivity index (χ3v) is 2.19. The van der Waals surface area contributed by atoms with Crippen molar-refractivity contribution in [3.63, 3.8) is 0 Å². The van der Waals surface area contributed by atoms with Crippen LogP contribution in [0, 0.1) is 0 Å². The molecule has 1 rings (SSSR count). The Balaban J connectivity index is 2.61. The summed E-state index contributed by atoms with van der Waals surface area (Å²) in [5, 5.41) is 0.159. The lowest BCUT2D eigenvalue weighted by molar-refractivity contribution is -0.139. The normalized spacial score (nSPS) is 11.6. The highest BCUT2D eigenvalue weighted by molar-refractivity contribution is 6.32. The zero-order valence-corrected chi connectivity index (χ0v) is 8.98. The van der Waals surface area contributed by atoms with Crippen molar-refractivity contribution in [2.24, 2.45) is 5.73 Å². The summed E-state index contributed by atoms with van der Waals surface area (Å²) in [4.78, 5) is 3.73. The van der Waals surface area contributed by atoms with Crippen LogP contribution in [0.5, 0.6) is 5.88 Å². The summed E-state index contributed by atoms with van der Waals surface area (Å²) in [6, 6.07) is 1.58. The largest absolute Gasteiger partial charge is 0.476 e. The summed E-state index contributed by atoms with van der Waals surface area (Å²) in [6.07, 6.45) is -3.91. The molecule has 1 aromatic rings. The maximum Gasteiger partial charge on any atom is 0.392 e. The van der Waals surface area contributed by atoms with E-state index in [4.69, 9.17) is 22.1 Å². The fourth-order valence-corrected chi connectivity index (χ4v) is 1.23. The summed E-state index contributed by atoms with van der Waals surface area (Å²) in [5.41, 5.74) is 5.95. The first kappa shape index (κ1) is 13.1. The molecule has 2 N–H and O–H groups in total. The molecule has 0 atom stereocenters. The molecule has 0 bridgehead atoms. The van der Waals surface area contributed by atoms with Crippen LogP contribution in [-0.4, -0.2) is 17.8 Å². The van der Waals surface area contributed by atoms with Crippen molar-refractivity contribution in [3.8, 4) is 5.88 Å². The molecule has 1 aromatic heterocycles. The van der Waals surface area contributed by atoms with Crippen LogP contribution in [-0.2, 0) is 6.54 Å². The molecule has 3 nitrogen and oxygen atoms in total. The van der Waals surface area contributed by atoms with Crippen molar-refractivity contribution in [1.29, 1.82) is 0 Å². The minimum Gasteiger partial charge on any atom is -0.476 e. The molecule has 0 saturated heterocycles. The number of hydrogen-bond acceptors (Lipinski definition) is 3.